The summed E-state index contributed by atoms with van der Waals surface area (Å²) < 4.78 is 29.8. The van der Waals surface area contributed by atoms with Crippen LogP contribution in [0.3, 0.4) is 0 Å². The molecule has 1 aromatic carbocycles. The molecule has 0 fully saturated rings. The maximum atomic E-state index is 12.7. The van der Waals surface area contributed by atoms with E-state index in [1.807, 2.05) is 6.92 Å². The predicted molar refractivity (Wildman–Crippen MR) is 50.3 cm³/mol. The molecule has 0 N–H and O–H groups in total. The van der Waals surface area contributed by atoms with Gasteiger partial charge in [-0.1, -0.05) is 17.7 Å². The first-order valence-electron chi connectivity index (χ1n) is 3.72. The van der Waals surface area contributed by atoms with Crippen molar-refractivity contribution in [2.75, 3.05) is 6.26 Å². The highest BCUT2D eigenvalue weighted by Gasteiger charge is 2.29. The number of alkyl halides is 2. The van der Waals surface area contributed by atoms with Crippen molar-refractivity contribution < 1.29 is 13.5 Å². The van der Waals surface area contributed by atoms with Gasteiger partial charge in [-0.05, 0) is 37.1 Å². The molecule has 0 amide bonds. The zero-order chi connectivity index (χ0) is 9.90. The molecule has 0 radical (unpaired) electrons. The summed E-state index contributed by atoms with van der Waals surface area (Å²) in [7, 11) is 0. The Morgan fingerprint density at radius 3 is 2.23 bits per heavy atom. The van der Waals surface area contributed by atoms with Crippen molar-refractivity contribution in [2.24, 2.45) is 0 Å². The molecule has 13 heavy (non-hydrogen) atoms. The van der Waals surface area contributed by atoms with Gasteiger partial charge in [0.1, 0.15) is 5.75 Å². The minimum absolute atomic E-state index is 0.185. The lowest BCUT2D eigenvalue weighted by Gasteiger charge is -2.14. The number of hydrogen-bond donors (Lipinski definition) is 0. The Balaban J connectivity index is 2.69. The third-order valence-corrected chi connectivity index (χ3v) is 2.05. The Bertz CT molecular complexity index is 271. The Morgan fingerprint density at radius 1 is 1.23 bits per heavy atom. The monoisotopic (exact) mass is 204 g/mol. The Hall–Kier alpha value is -0.770. The standard InChI is InChI=1S/C9H10F2OS/c1-7-3-5-8(6-4-7)12-9(10,11)13-2/h3-6H,1-2H3. The number of hydrogen-bond acceptors (Lipinski definition) is 2. The largest absolute Gasteiger partial charge is 0.452 e. The summed E-state index contributed by atoms with van der Waals surface area (Å²) in [4.78, 5) is 0. The first kappa shape index (κ1) is 10.3. The van der Waals surface area contributed by atoms with Crippen molar-refractivity contribution in [3.05, 3.63) is 29.8 Å². The zero-order valence-electron chi connectivity index (χ0n) is 7.38. The van der Waals surface area contributed by atoms with Crippen LogP contribution >= 0.6 is 11.8 Å². The van der Waals surface area contributed by atoms with E-state index >= 15 is 0 Å². The topological polar surface area (TPSA) is 9.23 Å². The fourth-order valence-electron chi connectivity index (χ4n) is 0.785. The summed E-state index contributed by atoms with van der Waals surface area (Å²) in [6, 6.07) is 6.51. The summed E-state index contributed by atoms with van der Waals surface area (Å²) in [5.41, 5.74) is -2.13. The minimum Gasteiger partial charge on any atom is -0.424 e. The normalized spacial score (nSPS) is 11.4. The molecule has 72 valence electrons. The van der Waals surface area contributed by atoms with E-state index < -0.39 is 5.44 Å². The van der Waals surface area contributed by atoms with Crippen LogP contribution in [0.1, 0.15) is 5.56 Å². The van der Waals surface area contributed by atoms with Crippen LogP contribution in [0.5, 0.6) is 5.75 Å². The van der Waals surface area contributed by atoms with Gasteiger partial charge >= 0.3 is 5.44 Å². The van der Waals surface area contributed by atoms with Gasteiger partial charge in [-0.2, -0.15) is 8.78 Å². The molecular weight excluding hydrogens is 194 g/mol. The van der Waals surface area contributed by atoms with Crippen LogP contribution in [0.25, 0.3) is 0 Å². The molecule has 0 spiro atoms. The Kier molecular flexibility index (Phi) is 3.14. The van der Waals surface area contributed by atoms with E-state index in [4.69, 9.17) is 0 Å². The molecule has 1 rings (SSSR count). The molecule has 0 bridgehead atoms. The average molecular weight is 204 g/mol. The lowest BCUT2D eigenvalue weighted by molar-refractivity contribution is -0.0875. The molecule has 0 saturated heterocycles. The second-order valence-corrected chi connectivity index (χ2v) is 3.47. The van der Waals surface area contributed by atoms with Crippen molar-refractivity contribution in [1.29, 1.82) is 0 Å². The zero-order valence-corrected chi connectivity index (χ0v) is 8.20. The lowest BCUT2D eigenvalue weighted by Crippen LogP contribution is -2.18. The third kappa shape index (κ3) is 3.22. The molecule has 1 aromatic rings. The molecule has 0 heterocycles. The van der Waals surface area contributed by atoms with E-state index in [2.05, 4.69) is 4.74 Å². The van der Waals surface area contributed by atoms with Gasteiger partial charge in [0.05, 0.1) is 0 Å². The molecule has 1 nitrogen and oxygen atoms in total. The summed E-state index contributed by atoms with van der Waals surface area (Å²) in [5, 5.41) is 0. The number of rotatable bonds is 3. The van der Waals surface area contributed by atoms with Crippen LogP contribution in [0.2, 0.25) is 0 Å². The predicted octanol–water partition coefficient (Wildman–Crippen LogP) is 3.29. The number of benzene rings is 1. The van der Waals surface area contributed by atoms with Crippen LogP contribution in [0.15, 0.2) is 24.3 Å². The molecule has 0 saturated carbocycles. The van der Waals surface area contributed by atoms with E-state index in [9.17, 15) is 8.78 Å². The molecule has 0 aromatic heterocycles. The molecule has 0 aliphatic rings. The summed E-state index contributed by atoms with van der Waals surface area (Å²) in [5.74, 6) is 0.185. The fourth-order valence-corrected chi connectivity index (χ4v) is 0.965. The summed E-state index contributed by atoms with van der Waals surface area (Å²) in [6.45, 7) is 1.89. The van der Waals surface area contributed by atoms with Gasteiger partial charge in [0.2, 0.25) is 0 Å². The van der Waals surface area contributed by atoms with Crippen molar-refractivity contribution in [1.82, 2.24) is 0 Å². The minimum atomic E-state index is -3.14. The molecular formula is C9H10F2OS. The maximum Gasteiger partial charge on any atom is 0.452 e. The van der Waals surface area contributed by atoms with Crippen molar-refractivity contribution in [3.8, 4) is 5.75 Å². The lowest BCUT2D eigenvalue weighted by atomic mass is 10.2. The van der Waals surface area contributed by atoms with Crippen LogP contribution in [0.4, 0.5) is 8.78 Å². The number of aryl methyl sites for hydroxylation is 1. The maximum absolute atomic E-state index is 12.7. The highest BCUT2D eigenvalue weighted by molar-refractivity contribution is 7.99. The van der Waals surface area contributed by atoms with Crippen molar-refractivity contribution in [2.45, 2.75) is 12.4 Å². The van der Waals surface area contributed by atoms with Gasteiger partial charge < -0.3 is 4.74 Å². The van der Waals surface area contributed by atoms with Crippen molar-refractivity contribution in [3.63, 3.8) is 0 Å². The fraction of sp³-hybridized carbons (Fsp3) is 0.333. The van der Waals surface area contributed by atoms with Gasteiger partial charge in [0.15, 0.2) is 0 Å². The van der Waals surface area contributed by atoms with Crippen LogP contribution in [-0.4, -0.2) is 11.7 Å². The third-order valence-electron chi connectivity index (χ3n) is 1.50. The molecule has 0 aliphatic heterocycles. The van der Waals surface area contributed by atoms with Crippen LogP contribution in [0, 0.1) is 6.92 Å². The SMILES string of the molecule is CSC(F)(F)Oc1ccc(C)cc1. The second kappa shape index (κ2) is 3.96. The Morgan fingerprint density at radius 2 is 1.77 bits per heavy atom. The number of ether oxygens (including phenoxy) is 1. The van der Waals surface area contributed by atoms with E-state index in [1.54, 1.807) is 12.1 Å². The summed E-state index contributed by atoms with van der Waals surface area (Å²) >= 11 is 0.371. The highest BCUT2D eigenvalue weighted by Crippen LogP contribution is 2.29. The quantitative estimate of drug-likeness (QED) is 0.699. The molecule has 0 unspecified atom stereocenters. The second-order valence-electron chi connectivity index (χ2n) is 2.58. The van der Waals surface area contributed by atoms with Gasteiger partial charge in [0.25, 0.3) is 0 Å². The van der Waals surface area contributed by atoms with Gasteiger partial charge in [-0.25, -0.2) is 0 Å². The van der Waals surface area contributed by atoms with E-state index in [0.717, 1.165) is 5.56 Å². The first-order chi connectivity index (χ1) is 6.03. The van der Waals surface area contributed by atoms with Gasteiger partial charge in [0, 0.05) is 0 Å². The molecule has 0 atom stereocenters. The summed E-state index contributed by atoms with van der Waals surface area (Å²) in [6.07, 6.45) is 1.30. The number of thioether (sulfide) groups is 1. The van der Waals surface area contributed by atoms with E-state index in [1.165, 1.54) is 18.4 Å². The number of halogens is 2. The molecule has 0 aliphatic carbocycles. The first-order valence-corrected chi connectivity index (χ1v) is 4.94. The Labute approximate surface area is 80.1 Å². The van der Waals surface area contributed by atoms with Crippen LogP contribution < -0.4 is 4.74 Å². The highest BCUT2D eigenvalue weighted by atomic mass is 32.2. The van der Waals surface area contributed by atoms with E-state index in [-0.39, 0.29) is 5.75 Å². The average Bonchev–Trinajstić information content (AvgIpc) is 2.09. The molecule has 4 heteroatoms. The van der Waals surface area contributed by atoms with Crippen LogP contribution in [-0.2, 0) is 0 Å². The smallest absolute Gasteiger partial charge is 0.424 e. The van der Waals surface area contributed by atoms with Gasteiger partial charge in [-0.15, -0.1) is 0 Å². The van der Waals surface area contributed by atoms with Gasteiger partial charge in [-0.3, -0.25) is 0 Å². The van der Waals surface area contributed by atoms with E-state index in [0.29, 0.717) is 11.8 Å². The van der Waals surface area contributed by atoms with Crippen molar-refractivity contribution >= 4 is 11.8 Å².